The van der Waals surface area contributed by atoms with Gasteiger partial charge in [-0.25, -0.2) is 4.79 Å². The highest BCUT2D eigenvalue weighted by Crippen LogP contribution is 2.32. The lowest BCUT2D eigenvalue weighted by atomic mass is 9.79. The van der Waals surface area contributed by atoms with E-state index in [1.54, 1.807) is 0 Å². The lowest BCUT2D eigenvalue weighted by Gasteiger charge is -2.36. The Morgan fingerprint density at radius 1 is 1.65 bits per heavy atom. The van der Waals surface area contributed by atoms with E-state index in [2.05, 4.69) is 29.7 Å². The Kier molecular flexibility index (Phi) is 4.05. The number of allylic oxidation sites excluding steroid dienone is 1. The van der Waals surface area contributed by atoms with E-state index in [4.69, 9.17) is 4.74 Å². The molecule has 1 saturated heterocycles. The van der Waals surface area contributed by atoms with Gasteiger partial charge >= 0.3 is 6.09 Å². The van der Waals surface area contributed by atoms with E-state index in [0.717, 1.165) is 38.8 Å². The van der Waals surface area contributed by atoms with Crippen LogP contribution in [0.25, 0.3) is 0 Å². The molecule has 0 bridgehead atoms. The van der Waals surface area contributed by atoms with Crippen molar-refractivity contribution in [2.45, 2.75) is 38.1 Å². The Labute approximate surface area is 103 Å². The predicted octanol–water partition coefficient (Wildman–Crippen LogP) is 1.82. The van der Waals surface area contributed by atoms with Gasteiger partial charge in [0.05, 0.1) is 12.1 Å². The monoisotopic (exact) mass is 238 g/mol. The first-order valence-corrected chi connectivity index (χ1v) is 6.59. The van der Waals surface area contributed by atoms with Crippen molar-refractivity contribution in [1.82, 2.24) is 10.6 Å². The third kappa shape index (κ3) is 2.80. The average molecular weight is 238 g/mol. The summed E-state index contributed by atoms with van der Waals surface area (Å²) in [7, 11) is 0. The van der Waals surface area contributed by atoms with Crippen LogP contribution in [0.4, 0.5) is 4.79 Å². The second kappa shape index (κ2) is 5.54. The lowest BCUT2D eigenvalue weighted by molar-refractivity contribution is 0.126. The Morgan fingerprint density at radius 3 is 3.35 bits per heavy atom. The van der Waals surface area contributed by atoms with E-state index in [1.165, 1.54) is 0 Å². The molecule has 4 heteroatoms. The molecule has 1 heterocycles. The van der Waals surface area contributed by atoms with E-state index in [0.29, 0.717) is 12.5 Å². The molecule has 0 radical (unpaired) electrons. The van der Waals surface area contributed by atoms with E-state index < -0.39 is 0 Å². The number of ether oxygens (including phenoxy) is 1. The van der Waals surface area contributed by atoms with Crippen molar-refractivity contribution in [3.05, 3.63) is 12.2 Å². The fourth-order valence-electron chi connectivity index (χ4n) is 2.65. The maximum absolute atomic E-state index is 11.7. The highest BCUT2D eigenvalue weighted by atomic mass is 16.5. The number of unbranched alkanes of at least 4 members (excludes halogenated alkanes) is 1. The molecule has 0 saturated carbocycles. The zero-order chi connectivity index (χ0) is 12.1. The van der Waals surface area contributed by atoms with Gasteiger partial charge in [0.25, 0.3) is 0 Å². The second-order valence-electron chi connectivity index (χ2n) is 4.97. The van der Waals surface area contributed by atoms with Gasteiger partial charge in [0.2, 0.25) is 0 Å². The van der Waals surface area contributed by atoms with E-state index >= 15 is 0 Å². The first kappa shape index (κ1) is 12.4. The van der Waals surface area contributed by atoms with Crippen LogP contribution in [0, 0.1) is 5.92 Å². The molecule has 0 spiro atoms. The Balaban J connectivity index is 1.88. The molecule has 17 heavy (non-hydrogen) atoms. The molecular weight excluding hydrogens is 216 g/mol. The van der Waals surface area contributed by atoms with E-state index in [-0.39, 0.29) is 11.6 Å². The molecule has 1 aliphatic heterocycles. The molecule has 1 aliphatic carbocycles. The Bertz CT molecular complexity index is 304. The highest BCUT2D eigenvalue weighted by Gasteiger charge is 2.43. The van der Waals surface area contributed by atoms with Gasteiger partial charge in [-0.05, 0) is 19.3 Å². The van der Waals surface area contributed by atoms with Crippen molar-refractivity contribution < 1.29 is 9.53 Å². The first-order valence-electron chi connectivity index (χ1n) is 6.59. The number of hydrogen-bond acceptors (Lipinski definition) is 3. The summed E-state index contributed by atoms with van der Waals surface area (Å²) in [6.45, 7) is 4.41. The van der Waals surface area contributed by atoms with Crippen molar-refractivity contribution in [3.63, 3.8) is 0 Å². The number of hydrogen-bond donors (Lipinski definition) is 2. The fraction of sp³-hybridized carbons (Fsp3) is 0.769. The van der Waals surface area contributed by atoms with Crippen LogP contribution in [0.5, 0.6) is 0 Å². The summed E-state index contributed by atoms with van der Waals surface area (Å²) in [6.07, 6.45) is 8.18. The van der Waals surface area contributed by atoms with Gasteiger partial charge in [0, 0.05) is 19.0 Å². The quantitative estimate of drug-likeness (QED) is 0.580. The smallest absolute Gasteiger partial charge is 0.407 e. The maximum Gasteiger partial charge on any atom is 0.407 e. The standard InChI is InChI=1S/C13H22N2O2/c1-2-3-8-17-12(16)15-13-7-5-4-6-11(13)9-14-10-13/h4,6,11,14H,2-3,5,7-10H2,1H3,(H,15,16). The molecule has 2 unspecified atom stereocenters. The van der Waals surface area contributed by atoms with Crippen LogP contribution in [0.3, 0.4) is 0 Å². The summed E-state index contributed by atoms with van der Waals surface area (Å²) in [4.78, 5) is 11.7. The molecular formula is C13H22N2O2. The topological polar surface area (TPSA) is 50.4 Å². The fourth-order valence-corrected chi connectivity index (χ4v) is 2.65. The van der Waals surface area contributed by atoms with Gasteiger partial charge in [0.15, 0.2) is 0 Å². The first-order chi connectivity index (χ1) is 8.27. The molecule has 0 aromatic rings. The highest BCUT2D eigenvalue weighted by molar-refractivity contribution is 5.68. The predicted molar refractivity (Wildman–Crippen MR) is 66.9 cm³/mol. The zero-order valence-electron chi connectivity index (χ0n) is 10.5. The van der Waals surface area contributed by atoms with E-state index in [9.17, 15) is 4.79 Å². The van der Waals surface area contributed by atoms with Gasteiger partial charge in [-0.2, -0.15) is 0 Å². The van der Waals surface area contributed by atoms with Crippen molar-refractivity contribution in [2.24, 2.45) is 5.92 Å². The number of amides is 1. The van der Waals surface area contributed by atoms with Crippen LogP contribution in [-0.2, 0) is 4.74 Å². The molecule has 0 aromatic carbocycles. The Hall–Kier alpha value is -1.03. The van der Waals surface area contributed by atoms with Crippen LogP contribution in [0.15, 0.2) is 12.2 Å². The third-order valence-corrected chi connectivity index (χ3v) is 3.72. The van der Waals surface area contributed by atoms with Crippen molar-refractivity contribution in [3.8, 4) is 0 Å². The number of carbonyl (C=O) groups is 1. The zero-order valence-corrected chi connectivity index (χ0v) is 10.5. The molecule has 96 valence electrons. The molecule has 2 rings (SSSR count). The van der Waals surface area contributed by atoms with Crippen molar-refractivity contribution in [1.29, 1.82) is 0 Å². The summed E-state index contributed by atoms with van der Waals surface area (Å²) >= 11 is 0. The van der Waals surface area contributed by atoms with Crippen LogP contribution >= 0.6 is 0 Å². The second-order valence-corrected chi connectivity index (χ2v) is 4.97. The lowest BCUT2D eigenvalue weighted by Crippen LogP contribution is -2.54. The minimum atomic E-state index is -0.262. The van der Waals surface area contributed by atoms with Crippen molar-refractivity contribution in [2.75, 3.05) is 19.7 Å². The van der Waals surface area contributed by atoms with Gasteiger partial charge < -0.3 is 15.4 Å². The van der Waals surface area contributed by atoms with Gasteiger partial charge in [-0.1, -0.05) is 25.5 Å². The number of nitrogens with one attached hydrogen (secondary N) is 2. The summed E-state index contributed by atoms with van der Waals surface area (Å²) in [5.41, 5.74) is -0.113. The minimum Gasteiger partial charge on any atom is -0.450 e. The normalized spacial score (nSPS) is 31.0. The Morgan fingerprint density at radius 2 is 2.53 bits per heavy atom. The van der Waals surface area contributed by atoms with Crippen LogP contribution in [-0.4, -0.2) is 31.3 Å². The molecule has 1 fully saturated rings. The molecule has 0 aromatic heterocycles. The van der Waals surface area contributed by atoms with Gasteiger partial charge in [-0.15, -0.1) is 0 Å². The number of alkyl carbamates (subject to hydrolysis) is 1. The molecule has 2 atom stereocenters. The molecule has 4 nitrogen and oxygen atoms in total. The van der Waals surface area contributed by atoms with Gasteiger partial charge in [-0.3, -0.25) is 0 Å². The largest absolute Gasteiger partial charge is 0.450 e. The van der Waals surface area contributed by atoms with Crippen LogP contribution < -0.4 is 10.6 Å². The molecule has 2 N–H and O–H groups in total. The van der Waals surface area contributed by atoms with Gasteiger partial charge in [0.1, 0.15) is 0 Å². The average Bonchev–Trinajstić information content (AvgIpc) is 2.72. The summed E-state index contributed by atoms with van der Waals surface area (Å²) in [6, 6.07) is 0. The van der Waals surface area contributed by atoms with Crippen LogP contribution in [0.2, 0.25) is 0 Å². The third-order valence-electron chi connectivity index (χ3n) is 3.72. The minimum absolute atomic E-state index is 0.113. The maximum atomic E-state index is 11.7. The van der Waals surface area contributed by atoms with Crippen LogP contribution in [0.1, 0.15) is 32.6 Å². The number of fused-ring (bicyclic) bond motifs is 1. The SMILES string of the molecule is CCCCOC(=O)NC12CCC=CC1CNC2. The summed E-state index contributed by atoms with van der Waals surface area (Å²) in [5, 5.41) is 6.43. The summed E-state index contributed by atoms with van der Waals surface area (Å²) in [5.74, 6) is 0.412. The number of rotatable bonds is 4. The summed E-state index contributed by atoms with van der Waals surface area (Å²) < 4.78 is 5.19. The van der Waals surface area contributed by atoms with E-state index in [1.807, 2.05) is 0 Å². The molecule has 1 amide bonds. The molecule has 2 aliphatic rings. The number of carbonyl (C=O) groups excluding carboxylic acids is 1. The van der Waals surface area contributed by atoms with Crippen molar-refractivity contribution >= 4 is 6.09 Å².